The Morgan fingerprint density at radius 3 is 1.89 bits per heavy atom. The first-order valence-electron chi connectivity index (χ1n) is 12.0. The maximum absolute atomic E-state index is 13.1. The van der Waals surface area contributed by atoms with Crippen LogP contribution in [0.25, 0.3) is 0 Å². The highest BCUT2D eigenvalue weighted by molar-refractivity contribution is 6.63. The Labute approximate surface area is 209 Å². The van der Waals surface area contributed by atoms with Crippen LogP contribution >= 0.6 is 0 Å². The number of aromatic nitrogens is 1. The summed E-state index contributed by atoms with van der Waals surface area (Å²) in [6.45, 7) is 21.0. The van der Waals surface area contributed by atoms with E-state index in [1.54, 1.807) is 55.5 Å². The molecular formula is C24H42BN3O7. The van der Waals surface area contributed by atoms with E-state index >= 15 is 0 Å². The third-order valence-electron chi connectivity index (χ3n) is 5.87. The molecule has 0 unspecified atom stereocenters. The molecule has 1 saturated heterocycles. The standard InChI is InChI=1S/C24H42BN3O7/c1-16-18(25-34-23(8,9)24(10,11)35-25)17(26-33-16)15-28(20(30)32-22(5,6)7)14-13-27(12)19(29)31-21(2,3)4/h13-15H2,1-12H3. The molecule has 0 atom stereocenters. The molecule has 0 saturated carbocycles. The monoisotopic (exact) mass is 495 g/mol. The van der Waals surface area contributed by atoms with Gasteiger partial charge in [0.25, 0.3) is 0 Å². The Balaban J connectivity index is 2.25. The van der Waals surface area contributed by atoms with Crippen LogP contribution < -0.4 is 5.46 Å². The van der Waals surface area contributed by atoms with Crippen LogP contribution in [-0.4, -0.2) is 76.8 Å². The van der Waals surface area contributed by atoms with Crippen molar-refractivity contribution in [2.75, 3.05) is 20.1 Å². The highest BCUT2D eigenvalue weighted by Gasteiger charge is 2.53. The highest BCUT2D eigenvalue weighted by atomic mass is 16.7. The summed E-state index contributed by atoms with van der Waals surface area (Å²) < 4.78 is 28.9. The Kier molecular flexibility index (Phi) is 8.28. The molecule has 35 heavy (non-hydrogen) atoms. The molecule has 0 spiro atoms. The minimum absolute atomic E-state index is 0.0911. The van der Waals surface area contributed by atoms with Crippen LogP contribution in [0.5, 0.6) is 0 Å². The van der Waals surface area contributed by atoms with E-state index in [1.807, 2.05) is 27.7 Å². The summed E-state index contributed by atoms with van der Waals surface area (Å²) in [7, 11) is 0.934. The van der Waals surface area contributed by atoms with Crippen LogP contribution in [0, 0.1) is 6.92 Å². The van der Waals surface area contributed by atoms with E-state index < -0.39 is 41.7 Å². The number of nitrogens with zero attached hydrogens (tertiary/aromatic N) is 3. The number of aryl methyl sites for hydroxylation is 1. The molecule has 0 N–H and O–H groups in total. The maximum Gasteiger partial charge on any atom is 0.500 e. The Morgan fingerprint density at radius 1 is 0.914 bits per heavy atom. The van der Waals surface area contributed by atoms with E-state index in [9.17, 15) is 9.59 Å². The van der Waals surface area contributed by atoms with Crippen molar-refractivity contribution in [2.45, 2.75) is 105 Å². The van der Waals surface area contributed by atoms with Crippen molar-refractivity contribution < 1.29 is 32.9 Å². The summed E-state index contributed by atoms with van der Waals surface area (Å²) in [6.07, 6.45) is -1.01. The minimum Gasteiger partial charge on any atom is -0.444 e. The maximum atomic E-state index is 13.1. The van der Waals surface area contributed by atoms with E-state index in [-0.39, 0.29) is 19.6 Å². The van der Waals surface area contributed by atoms with E-state index in [1.165, 1.54) is 9.80 Å². The van der Waals surface area contributed by atoms with Gasteiger partial charge in [0, 0.05) is 20.1 Å². The Morgan fingerprint density at radius 2 is 1.40 bits per heavy atom. The Hall–Kier alpha value is -2.27. The van der Waals surface area contributed by atoms with Crippen molar-refractivity contribution in [2.24, 2.45) is 0 Å². The molecule has 1 fully saturated rings. The van der Waals surface area contributed by atoms with Gasteiger partial charge in [0.15, 0.2) is 0 Å². The lowest BCUT2D eigenvalue weighted by molar-refractivity contribution is 0.00578. The van der Waals surface area contributed by atoms with Crippen molar-refractivity contribution in [1.29, 1.82) is 0 Å². The normalized spacial score (nSPS) is 17.3. The number of likely N-dealkylation sites (N-methyl/N-ethyl adjacent to an activating group) is 1. The zero-order chi connectivity index (χ0) is 27.0. The lowest BCUT2D eigenvalue weighted by atomic mass is 9.77. The largest absolute Gasteiger partial charge is 0.500 e. The molecule has 10 nitrogen and oxygen atoms in total. The number of hydrogen-bond acceptors (Lipinski definition) is 8. The topological polar surface area (TPSA) is 104 Å². The second-order valence-electron chi connectivity index (χ2n) is 12.0. The molecule has 2 heterocycles. The van der Waals surface area contributed by atoms with E-state index in [2.05, 4.69) is 5.16 Å². The molecule has 2 amide bonds. The molecule has 1 aliphatic heterocycles. The average molecular weight is 495 g/mol. The lowest BCUT2D eigenvalue weighted by Crippen LogP contribution is -2.44. The summed E-state index contributed by atoms with van der Waals surface area (Å²) >= 11 is 0. The van der Waals surface area contributed by atoms with Crippen LogP contribution in [0.2, 0.25) is 0 Å². The first kappa shape index (κ1) is 29.0. The fourth-order valence-corrected chi connectivity index (χ4v) is 3.25. The molecule has 198 valence electrons. The van der Waals surface area contributed by atoms with E-state index in [0.29, 0.717) is 16.9 Å². The number of amides is 2. The minimum atomic E-state index is -0.694. The molecule has 2 rings (SSSR count). The SMILES string of the molecule is Cc1onc(CN(CCN(C)C(=O)OC(C)(C)C)C(=O)OC(C)(C)C)c1B1OC(C)(C)C(C)(C)O1. The van der Waals surface area contributed by atoms with Crippen LogP contribution in [0.4, 0.5) is 9.59 Å². The average Bonchev–Trinajstić information content (AvgIpc) is 3.10. The zero-order valence-electron chi connectivity index (χ0n) is 23.4. The van der Waals surface area contributed by atoms with E-state index in [4.69, 9.17) is 23.3 Å². The van der Waals surface area contributed by atoms with Crippen molar-refractivity contribution in [1.82, 2.24) is 15.0 Å². The molecule has 1 aromatic heterocycles. The first-order valence-corrected chi connectivity index (χ1v) is 12.0. The molecule has 1 aliphatic rings. The van der Waals surface area contributed by atoms with Gasteiger partial charge in [-0.15, -0.1) is 0 Å². The van der Waals surface area contributed by atoms with Gasteiger partial charge in [-0.05, 0) is 76.2 Å². The highest BCUT2D eigenvalue weighted by Crippen LogP contribution is 2.37. The number of carbonyl (C=O) groups is 2. The van der Waals surface area contributed by atoms with Gasteiger partial charge in [0.05, 0.1) is 23.2 Å². The molecular weight excluding hydrogens is 453 g/mol. The van der Waals surface area contributed by atoms with Gasteiger partial charge in [0.1, 0.15) is 22.7 Å². The molecule has 0 aliphatic carbocycles. The summed E-state index contributed by atoms with van der Waals surface area (Å²) in [6, 6.07) is 0. The van der Waals surface area contributed by atoms with Gasteiger partial charge in [-0.3, -0.25) is 0 Å². The summed E-state index contributed by atoms with van der Waals surface area (Å²) in [5, 5.41) is 4.20. The van der Waals surface area contributed by atoms with Crippen LogP contribution in [-0.2, 0) is 25.3 Å². The fourth-order valence-electron chi connectivity index (χ4n) is 3.25. The molecule has 11 heteroatoms. The quantitative estimate of drug-likeness (QED) is 0.548. The number of rotatable bonds is 6. The zero-order valence-corrected chi connectivity index (χ0v) is 23.4. The summed E-state index contributed by atoms with van der Waals surface area (Å²) in [4.78, 5) is 28.4. The van der Waals surface area contributed by atoms with Gasteiger partial charge < -0.3 is 33.1 Å². The lowest BCUT2D eigenvalue weighted by Gasteiger charge is -2.32. The second-order valence-corrected chi connectivity index (χ2v) is 12.0. The van der Waals surface area contributed by atoms with Gasteiger partial charge in [-0.2, -0.15) is 0 Å². The van der Waals surface area contributed by atoms with Crippen molar-refractivity contribution >= 4 is 24.8 Å². The molecule has 0 radical (unpaired) electrons. The third kappa shape index (κ3) is 7.61. The molecule has 0 bridgehead atoms. The van der Waals surface area contributed by atoms with Crippen molar-refractivity contribution in [3.63, 3.8) is 0 Å². The van der Waals surface area contributed by atoms with Crippen LogP contribution in [0.15, 0.2) is 4.52 Å². The van der Waals surface area contributed by atoms with Crippen LogP contribution in [0.3, 0.4) is 0 Å². The predicted molar refractivity (Wildman–Crippen MR) is 132 cm³/mol. The Bertz CT molecular complexity index is 899. The molecule has 1 aromatic rings. The summed E-state index contributed by atoms with van der Waals surface area (Å²) in [5.41, 5.74) is -1.24. The molecule has 0 aromatic carbocycles. The van der Waals surface area contributed by atoms with Crippen molar-refractivity contribution in [3.8, 4) is 0 Å². The fraction of sp³-hybridized carbons (Fsp3) is 0.792. The van der Waals surface area contributed by atoms with Crippen LogP contribution in [0.1, 0.15) is 80.7 Å². The van der Waals surface area contributed by atoms with Gasteiger partial charge >= 0.3 is 19.3 Å². The number of hydrogen-bond donors (Lipinski definition) is 0. The predicted octanol–water partition coefficient (Wildman–Crippen LogP) is 3.89. The number of carbonyl (C=O) groups excluding carboxylic acids is 2. The first-order chi connectivity index (χ1) is 15.7. The van der Waals surface area contributed by atoms with Gasteiger partial charge in [-0.1, -0.05) is 5.16 Å². The van der Waals surface area contributed by atoms with Gasteiger partial charge in [-0.25, -0.2) is 9.59 Å². The van der Waals surface area contributed by atoms with Gasteiger partial charge in [0.2, 0.25) is 0 Å². The number of ether oxygens (including phenoxy) is 2. The summed E-state index contributed by atoms with van der Waals surface area (Å²) in [5.74, 6) is 0.550. The second kappa shape index (κ2) is 10.0. The third-order valence-corrected chi connectivity index (χ3v) is 5.87. The van der Waals surface area contributed by atoms with Crippen molar-refractivity contribution in [3.05, 3.63) is 11.5 Å². The van der Waals surface area contributed by atoms with E-state index in [0.717, 1.165) is 0 Å². The smallest absolute Gasteiger partial charge is 0.444 e.